The van der Waals surface area contributed by atoms with Crippen LogP contribution in [0.25, 0.3) is 22.6 Å². The quantitative estimate of drug-likeness (QED) is 0.645. The van der Waals surface area contributed by atoms with Crippen LogP contribution in [-0.4, -0.2) is 9.55 Å². The molecule has 2 nitrogen and oxygen atoms in total. The van der Waals surface area contributed by atoms with Crippen LogP contribution in [0.15, 0.2) is 54.6 Å². The van der Waals surface area contributed by atoms with Gasteiger partial charge in [0.1, 0.15) is 11.6 Å². The van der Waals surface area contributed by atoms with Gasteiger partial charge in [-0.2, -0.15) is 0 Å². The van der Waals surface area contributed by atoms with Crippen molar-refractivity contribution in [2.45, 2.75) is 26.8 Å². The predicted octanol–water partition coefficient (Wildman–Crippen LogP) is 5.25. The van der Waals surface area contributed by atoms with Crippen molar-refractivity contribution >= 4 is 0 Å². The fourth-order valence-corrected chi connectivity index (χ4v) is 2.82. The van der Waals surface area contributed by atoms with Gasteiger partial charge in [-0.25, -0.2) is 9.37 Å². The first kappa shape index (κ1) is 14.5. The van der Waals surface area contributed by atoms with Crippen molar-refractivity contribution < 1.29 is 4.39 Å². The normalized spacial score (nSPS) is 11.1. The van der Waals surface area contributed by atoms with Crippen molar-refractivity contribution in [3.8, 4) is 22.6 Å². The molecule has 22 heavy (non-hydrogen) atoms. The standard InChI is InChI=1S/C19H19FN2/c1-13(2)22-14(3)18(15-9-11-17(20)12-10-15)21-19(22)16-7-5-4-6-8-16/h4-13H,1-3H3. The van der Waals surface area contributed by atoms with Crippen molar-refractivity contribution in [2.75, 3.05) is 0 Å². The molecular formula is C19H19FN2. The molecule has 2 aromatic carbocycles. The SMILES string of the molecule is Cc1c(-c2ccc(F)cc2)nc(-c2ccccc2)n1C(C)C. The summed E-state index contributed by atoms with van der Waals surface area (Å²) in [7, 11) is 0. The molecule has 0 spiro atoms. The number of halogens is 1. The first-order chi connectivity index (χ1) is 10.6. The Morgan fingerprint density at radius 2 is 1.55 bits per heavy atom. The molecule has 0 unspecified atom stereocenters. The van der Waals surface area contributed by atoms with Crippen LogP contribution in [0.1, 0.15) is 25.6 Å². The number of hydrogen-bond acceptors (Lipinski definition) is 1. The van der Waals surface area contributed by atoms with Gasteiger partial charge in [0.2, 0.25) is 0 Å². The molecule has 0 fully saturated rings. The molecule has 3 rings (SSSR count). The summed E-state index contributed by atoms with van der Waals surface area (Å²) in [5.41, 5.74) is 4.04. The van der Waals surface area contributed by atoms with Crippen molar-refractivity contribution in [1.29, 1.82) is 0 Å². The molecule has 3 heteroatoms. The highest BCUT2D eigenvalue weighted by atomic mass is 19.1. The summed E-state index contributed by atoms with van der Waals surface area (Å²) in [6.07, 6.45) is 0. The predicted molar refractivity (Wildman–Crippen MR) is 88.2 cm³/mol. The summed E-state index contributed by atoms with van der Waals surface area (Å²) in [4.78, 5) is 4.84. The lowest BCUT2D eigenvalue weighted by atomic mass is 10.1. The van der Waals surface area contributed by atoms with Gasteiger partial charge >= 0.3 is 0 Å². The molecule has 0 aliphatic carbocycles. The molecule has 0 aliphatic heterocycles. The Hall–Kier alpha value is -2.42. The zero-order valence-electron chi connectivity index (χ0n) is 13.0. The molecule has 0 N–H and O–H groups in total. The zero-order chi connectivity index (χ0) is 15.7. The minimum Gasteiger partial charge on any atom is -0.325 e. The first-order valence-electron chi connectivity index (χ1n) is 7.48. The maximum atomic E-state index is 13.2. The molecule has 0 bridgehead atoms. The average Bonchev–Trinajstić information content (AvgIpc) is 2.87. The first-order valence-corrected chi connectivity index (χ1v) is 7.48. The average molecular weight is 294 g/mol. The van der Waals surface area contributed by atoms with Crippen LogP contribution < -0.4 is 0 Å². The summed E-state index contributed by atoms with van der Waals surface area (Å²) < 4.78 is 15.4. The maximum Gasteiger partial charge on any atom is 0.141 e. The van der Waals surface area contributed by atoms with Gasteiger partial charge in [-0.05, 0) is 45.0 Å². The summed E-state index contributed by atoms with van der Waals surface area (Å²) in [6, 6.07) is 17.0. The molecule has 1 aromatic heterocycles. The fourth-order valence-electron chi connectivity index (χ4n) is 2.82. The number of nitrogens with zero attached hydrogens (tertiary/aromatic N) is 2. The van der Waals surface area contributed by atoms with E-state index < -0.39 is 0 Å². The van der Waals surface area contributed by atoms with Crippen molar-refractivity contribution in [3.63, 3.8) is 0 Å². The highest BCUT2D eigenvalue weighted by molar-refractivity contribution is 5.68. The van der Waals surface area contributed by atoms with E-state index in [0.29, 0.717) is 6.04 Å². The Labute approximate surface area is 130 Å². The number of imidazole rings is 1. The lowest BCUT2D eigenvalue weighted by molar-refractivity contribution is 0.592. The van der Waals surface area contributed by atoms with Gasteiger partial charge in [-0.1, -0.05) is 30.3 Å². The van der Waals surface area contributed by atoms with Gasteiger partial charge < -0.3 is 4.57 Å². The van der Waals surface area contributed by atoms with Gasteiger partial charge in [0, 0.05) is 22.9 Å². The van der Waals surface area contributed by atoms with E-state index in [1.165, 1.54) is 12.1 Å². The van der Waals surface area contributed by atoms with Crippen LogP contribution in [0.3, 0.4) is 0 Å². The number of hydrogen-bond donors (Lipinski definition) is 0. The fraction of sp³-hybridized carbons (Fsp3) is 0.211. The minimum absolute atomic E-state index is 0.229. The molecular weight excluding hydrogens is 275 g/mol. The highest BCUT2D eigenvalue weighted by Crippen LogP contribution is 2.31. The summed E-state index contributed by atoms with van der Waals surface area (Å²) in [6.45, 7) is 6.36. The van der Waals surface area contributed by atoms with Gasteiger partial charge in [0.15, 0.2) is 0 Å². The minimum atomic E-state index is -0.229. The van der Waals surface area contributed by atoms with Crippen LogP contribution in [0, 0.1) is 12.7 Å². The lowest BCUT2D eigenvalue weighted by Gasteiger charge is -2.14. The van der Waals surface area contributed by atoms with Crippen LogP contribution in [0.5, 0.6) is 0 Å². The molecule has 0 saturated heterocycles. The van der Waals surface area contributed by atoms with E-state index in [-0.39, 0.29) is 5.82 Å². The van der Waals surface area contributed by atoms with Gasteiger partial charge in [0.25, 0.3) is 0 Å². The van der Waals surface area contributed by atoms with Gasteiger partial charge in [0.05, 0.1) is 5.69 Å². The molecule has 0 atom stereocenters. The van der Waals surface area contributed by atoms with Gasteiger partial charge in [-0.3, -0.25) is 0 Å². The maximum absolute atomic E-state index is 13.2. The van der Waals surface area contributed by atoms with Crippen LogP contribution >= 0.6 is 0 Å². The molecule has 1 heterocycles. The summed E-state index contributed by atoms with van der Waals surface area (Å²) in [5, 5.41) is 0. The van der Waals surface area contributed by atoms with Crippen molar-refractivity contribution in [1.82, 2.24) is 9.55 Å². The molecule has 0 aliphatic rings. The highest BCUT2D eigenvalue weighted by Gasteiger charge is 2.18. The lowest BCUT2D eigenvalue weighted by Crippen LogP contribution is -2.05. The van der Waals surface area contributed by atoms with E-state index in [0.717, 1.165) is 28.3 Å². The van der Waals surface area contributed by atoms with E-state index in [4.69, 9.17) is 4.98 Å². The van der Waals surface area contributed by atoms with Crippen molar-refractivity contribution in [2.24, 2.45) is 0 Å². The van der Waals surface area contributed by atoms with E-state index in [9.17, 15) is 4.39 Å². The molecule has 0 saturated carbocycles. The van der Waals surface area contributed by atoms with Crippen molar-refractivity contribution in [3.05, 3.63) is 66.1 Å². The van der Waals surface area contributed by atoms with Crippen LogP contribution in [0.4, 0.5) is 4.39 Å². The Kier molecular flexibility index (Phi) is 3.80. The number of rotatable bonds is 3. The second kappa shape index (κ2) is 5.76. The third-order valence-corrected chi connectivity index (χ3v) is 3.82. The molecule has 112 valence electrons. The molecule has 3 aromatic rings. The van der Waals surface area contributed by atoms with E-state index in [1.54, 1.807) is 12.1 Å². The second-order valence-electron chi connectivity index (χ2n) is 5.71. The van der Waals surface area contributed by atoms with E-state index in [2.05, 4.69) is 37.5 Å². The monoisotopic (exact) mass is 294 g/mol. The Balaban J connectivity index is 2.19. The smallest absolute Gasteiger partial charge is 0.141 e. The van der Waals surface area contributed by atoms with Crippen LogP contribution in [-0.2, 0) is 0 Å². The Morgan fingerprint density at radius 1 is 0.909 bits per heavy atom. The third-order valence-electron chi connectivity index (χ3n) is 3.82. The third kappa shape index (κ3) is 2.54. The summed E-state index contributed by atoms with van der Waals surface area (Å²) in [5.74, 6) is 0.723. The van der Waals surface area contributed by atoms with E-state index >= 15 is 0 Å². The largest absolute Gasteiger partial charge is 0.325 e. The number of aromatic nitrogens is 2. The van der Waals surface area contributed by atoms with E-state index in [1.807, 2.05) is 18.2 Å². The molecule has 0 radical (unpaired) electrons. The molecule has 0 amide bonds. The van der Waals surface area contributed by atoms with Gasteiger partial charge in [-0.15, -0.1) is 0 Å². The topological polar surface area (TPSA) is 17.8 Å². The Morgan fingerprint density at radius 3 is 2.14 bits per heavy atom. The Bertz CT molecular complexity index is 771. The zero-order valence-corrected chi connectivity index (χ0v) is 13.0. The summed E-state index contributed by atoms with van der Waals surface area (Å²) >= 11 is 0. The second-order valence-corrected chi connectivity index (χ2v) is 5.71. The number of benzene rings is 2. The van der Waals surface area contributed by atoms with Crippen LogP contribution in [0.2, 0.25) is 0 Å².